The first-order valence-electron chi connectivity index (χ1n) is 9.60. The molecule has 1 aromatic heterocycles. The van der Waals surface area contributed by atoms with Crippen molar-refractivity contribution in [2.45, 2.75) is 32.0 Å². The molecule has 9 heteroatoms. The molecular weight excluding hydrogens is 436 g/mol. The number of hydrogen-bond acceptors (Lipinski definition) is 6. The number of thioether (sulfide) groups is 1. The van der Waals surface area contributed by atoms with Crippen LogP contribution < -0.4 is 10.1 Å². The standard InChI is InChI=1S/C22H23ClN4O3S/c1-13-11-18(9-10-19(13)23)30-15(3)21-25-26-22(27(21)4)31-12-20(29)24-17-7-5-16(6-8-17)14(2)28/h5-11,15H,12H2,1-4H3,(H,24,29). The van der Waals surface area contributed by atoms with E-state index in [4.69, 9.17) is 16.3 Å². The largest absolute Gasteiger partial charge is 0.483 e. The van der Waals surface area contributed by atoms with Crippen LogP contribution in [0.5, 0.6) is 5.75 Å². The predicted octanol–water partition coefficient (Wildman–Crippen LogP) is 4.85. The molecule has 7 nitrogen and oxygen atoms in total. The zero-order valence-corrected chi connectivity index (χ0v) is 19.3. The number of halogens is 1. The van der Waals surface area contributed by atoms with Gasteiger partial charge in [0.2, 0.25) is 5.91 Å². The molecule has 0 aliphatic carbocycles. The number of nitrogens with zero attached hydrogens (tertiary/aromatic N) is 3. The second-order valence-corrected chi connectivity index (χ2v) is 8.39. The van der Waals surface area contributed by atoms with Crippen LogP contribution in [0.4, 0.5) is 5.69 Å². The number of carbonyl (C=O) groups excluding carboxylic acids is 2. The van der Waals surface area contributed by atoms with Gasteiger partial charge in [-0.3, -0.25) is 9.59 Å². The second kappa shape index (κ2) is 9.98. The molecule has 0 bridgehead atoms. The Labute approximate surface area is 190 Å². The molecule has 3 aromatic rings. The highest BCUT2D eigenvalue weighted by atomic mass is 35.5. The molecular formula is C22H23ClN4O3S. The molecule has 0 spiro atoms. The van der Waals surface area contributed by atoms with Crippen LogP contribution in [0.2, 0.25) is 5.02 Å². The lowest BCUT2D eigenvalue weighted by Gasteiger charge is -2.15. The van der Waals surface area contributed by atoms with Gasteiger partial charge in [0.25, 0.3) is 0 Å². The van der Waals surface area contributed by atoms with Gasteiger partial charge in [0.1, 0.15) is 5.75 Å². The van der Waals surface area contributed by atoms with E-state index in [-0.39, 0.29) is 23.5 Å². The fourth-order valence-corrected chi connectivity index (χ4v) is 3.70. The van der Waals surface area contributed by atoms with E-state index >= 15 is 0 Å². The minimum Gasteiger partial charge on any atom is -0.483 e. The summed E-state index contributed by atoms with van der Waals surface area (Å²) in [4.78, 5) is 23.6. The van der Waals surface area contributed by atoms with Crippen LogP contribution in [-0.2, 0) is 11.8 Å². The third-order valence-electron chi connectivity index (χ3n) is 4.58. The summed E-state index contributed by atoms with van der Waals surface area (Å²) < 4.78 is 7.78. The highest BCUT2D eigenvalue weighted by Gasteiger charge is 2.18. The lowest BCUT2D eigenvalue weighted by Crippen LogP contribution is -2.15. The van der Waals surface area contributed by atoms with Crippen molar-refractivity contribution in [2.24, 2.45) is 7.05 Å². The zero-order chi connectivity index (χ0) is 22.5. The van der Waals surface area contributed by atoms with Crippen molar-refractivity contribution in [3.63, 3.8) is 0 Å². The molecule has 1 N–H and O–H groups in total. The molecule has 0 radical (unpaired) electrons. The zero-order valence-electron chi connectivity index (χ0n) is 17.7. The van der Waals surface area contributed by atoms with E-state index in [1.165, 1.54) is 18.7 Å². The smallest absolute Gasteiger partial charge is 0.234 e. The van der Waals surface area contributed by atoms with Gasteiger partial charge < -0.3 is 14.6 Å². The first kappa shape index (κ1) is 22.8. The first-order chi connectivity index (χ1) is 14.7. The number of ketones is 1. The van der Waals surface area contributed by atoms with E-state index < -0.39 is 0 Å². The number of amides is 1. The van der Waals surface area contributed by atoms with Crippen molar-refractivity contribution in [2.75, 3.05) is 11.1 Å². The number of aryl methyl sites for hydroxylation is 1. The average Bonchev–Trinajstić information content (AvgIpc) is 3.10. The summed E-state index contributed by atoms with van der Waals surface area (Å²) >= 11 is 7.34. The molecule has 1 amide bonds. The van der Waals surface area contributed by atoms with Crippen molar-refractivity contribution in [3.05, 3.63) is 64.4 Å². The summed E-state index contributed by atoms with van der Waals surface area (Å²) in [6.45, 7) is 5.31. The summed E-state index contributed by atoms with van der Waals surface area (Å²) in [5, 5.41) is 12.5. The van der Waals surface area contributed by atoms with Gasteiger partial charge in [-0.15, -0.1) is 10.2 Å². The molecule has 0 aliphatic heterocycles. The molecule has 31 heavy (non-hydrogen) atoms. The molecule has 0 saturated heterocycles. The molecule has 3 rings (SSSR count). The molecule has 0 fully saturated rings. The lowest BCUT2D eigenvalue weighted by atomic mass is 10.1. The van der Waals surface area contributed by atoms with Gasteiger partial charge in [-0.1, -0.05) is 23.4 Å². The maximum atomic E-state index is 12.3. The van der Waals surface area contributed by atoms with Gasteiger partial charge in [-0.25, -0.2) is 0 Å². The van der Waals surface area contributed by atoms with E-state index in [2.05, 4.69) is 15.5 Å². The topological polar surface area (TPSA) is 86.1 Å². The summed E-state index contributed by atoms with van der Waals surface area (Å²) in [6, 6.07) is 12.3. The molecule has 162 valence electrons. The van der Waals surface area contributed by atoms with E-state index in [1.54, 1.807) is 30.3 Å². The van der Waals surface area contributed by atoms with Crippen molar-refractivity contribution >= 4 is 40.7 Å². The van der Waals surface area contributed by atoms with E-state index in [0.717, 1.165) is 5.56 Å². The summed E-state index contributed by atoms with van der Waals surface area (Å²) in [5.74, 6) is 1.32. The van der Waals surface area contributed by atoms with Gasteiger partial charge in [0.15, 0.2) is 22.9 Å². The highest BCUT2D eigenvalue weighted by molar-refractivity contribution is 7.99. The Hall–Kier alpha value is -2.84. The number of Topliss-reactive ketones (excluding diaryl/α,β-unsaturated/α-hetero) is 1. The average molecular weight is 459 g/mol. The quantitative estimate of drug-likeness (QED) is 0.383. The summed E-state index contributed by atoms with van der Waals surface area (Å²) in [5.41, 5.74) is 2.17. The normalized spacial score (nSPS) is 11.8. The second-order valence-electron chi connectivity index (χ2n) is 7.04. The van der Waals surface area contributed by atoms with Crippen LogP contribution in [0.25, 0.3) is 0 Å². The lowest BCUT2D eigenvalue weighted by molar-refractivity contribution is -0.113. The van der Waals surface area contributed by atoms with Crippen LogP contribution in [0, 0.1) is 6.92 Å². The molecule has 0 aliphatic rings. The maximum Gasteiger partial charge on any atom is 0.234 e. The minimum atomic E-state index is -0.332. The minimum absolute atomic E-state index is 0.0177. The number of aromatic nitrogens is 3. The molecule has 1 atom stereocenters. The maximum absolute atomic E-state index is 12.3. The Morgan fingerprint density at radius 2 is 1.90 bits per heavy atom. The van der Waals surface area contributed by atoms with Crippen LogP contribution in [0.3, 0.4) is 0 Å². The number of anilines is 1. The van der Waals surface area contributed by atoms with Crippen LogP contribution >= 0.6 is 23.4 Å². The Kier molecular flexibility index (Phi) is 7.35. The van der Waals surface area contributed by atoms with Gasteiger partial charge in [-0.2, -0.15) is 0 Å². The van der Waals surface area contributed by atoms with Crippen molar-refractivity contribution in [1.82, 2.24) is 14.8 Å². The SMILES string of the molecule is CC(=O)c1ccc(NC(=O)CSc2nnc(C(C)Oc3ccc(Cl)c(C)c3)n2C)cc1. The van der Waals surface area contributed by atoms with Crippen molar-refractivity contribution in [3.8, 4) is 5.75 Å². The van der Waals surface area contributed by atoms with Crippen LogP contribution in [-0.4, -0.2) is 32.2 Å². The Bertz CT molecular complexity index is 1100. The molecule has 1 heterocycles. The highest BCUT2D eigenvalue weighted by Crippen LogP contribution is 2.26. The molecule has 2 aromatic carbocycles. The Morgan fingerprint density at radius 3 is 2.55 bits per heavy atom. The summed E-state index contributed by atoms with van der Waals surface area (Å²) in [7, 11) is 1.84. The molecule has 1 unspecified atom stereocenters. The molecule has 0 saturated carbocycles. The fourth-order valence-electron chi connectivity index (χ4n) is 2.87. The number of ether oxygens (including phenoxy) is 1. The van der Waals surface area contributed by atoms with Crippen LogP contribution in [0.15, 0.2) is 47.6 Å². The number of benzene rings is 2. The number of nitrogens with one attached hydrogen (secondary N) is 1. The Morgan fingerprint density at radius 1 is 1.19 bits per heavy atom. The number of carbonyl (C=O) groups is 2. The van der Waals surface area contributed by atoms with Gasteiger partial charge >= 0.3 is 0 Å². The number of hydrogen-bond donors (Lipinski definition) is 1. The third kappa shape index (κ3) is 5.86. The van der Waals surface area contributed by atoms with Gasteiger partial charge in [-0.05, 0) is 68.8 Å². The van der Waals surface area contributed by atoms with Crippen LogP contribution in [0.1, 0.15) is 41.7 Å². The van der Waals surface area contributed by atoms with Gasteiger partial charge in [0.05, 0.1) is 5.75 Å². The van der Waals surface area contributed by atoms with E-state index in [1.807, 2.05) is 37.6 Å². The van der Waals surface area contributed by atoms with Gasteiger partial charge in [0, 0.05) is 23.3 Å². The Balaban J connectivity index is 1.57. The van der Waals surface area contributed by atoms with Crippen molar-refractivity contribution in [1.29, 1.82) is 0 Å². The summed E-state index contributed by atoms with van der Waals surface area (Å²) in [6.07, 6.45) is -0.332. The third-order valence-corrected chi connectivity index (χ3v) is 6.03. The van der Waals surface area contributed by atoms with E-state index in [0.29, 0.717) is 33.0 Å². The predicted molar refractivity (Wildman–Crippen MR) is 122 cm³/mol. The number of rotatable bonds is 8. The fraction of sp³-hybridized carbons (Fsp3) is 0.273. The first-order valence-corrected chi connectivity index (χ1v) is 11.0. The monoisotopic (exact) mass is 458 g/mol. The van der Waals surface area contributed by atoms with Crippen molar-refractivity contribution < 1.29 is 14.3 Å². The van der Waals surface area contributed by atoms with E-state index in [9.17, 15) is 9.59 Å².